The Hall–Kier alpha value is -1.67. The molecule has 1 aromatic carbocycles. The van der Waals surface area contributed by atoms with Crippen LogP contribution >= 0.6 is 23.4 Å². The lowest BCUT2D eigenvalue weighted by Gasteiger charge is -2.10. The van der Waals surface area contributed by atoms with E-state index < -0.39 is 5.76 Å². The monoisotopic (exact) mass is 332 g/mol. The van der Waals surface area contributed by atoms with Gasteiger partial charge in [-0.2, -0.15) is 23.7 Å². The summed E-state index contributed by atoms with van der Waals surface area (Å²) in [5.74, 6) is -2.39. The minimum atomic E-state index is -2.52. The molecule has 0 saturated heterocycles. The number of benzene rings is 1. The highest BCUT2D eigenvalue weighted by Crippen LogP contribution is 2.32. The molecule has 5 nitrogen and oxygen atoms in total. The van der Waals surface area contributed by atoms with Crippen LogP contribution in [-0.4, -0.2) is 27.3 Å². The maximum absolute atomic E-state index is 12.5. The number of nitrogens with zero attached hydrogens (tertiary/aromatic N) is 3. The average molecular weight is 333 g/mol. The van der Waals surface area contributed by atoms with Gasteiger partial charge in [0, 0.05) is 4.90 Å². The van der Waals surface area contributed by atoms with Gasteiger partial charge in [-0.1, -0.05) is 23.9 Å². The first-order valence-corrected chi connectivity index (χ1v) is 7.19. The van der Waals surface area contributed by atoms with Gasteiger partial charge in [0.15, 0.2) is 0 Å². The number of hydrogen-bond donors (Lipinski definition) is 1. The number of alkyl halides is 2. The number of thioether (sulfide) groups is 1. The Balaban J connectivity index is 2.25. The zero-order chi connectivity index (χ0) is 15.2. The van der Waals surface area contributed by atoms with Crippen LogP contribution in [0.5, 0.6) is 6.01 Å². The fourth-order valence-electron chi connectivity index (χ4n) is 1.47. The van der Waals surface area contributed by atoms with Crippen molar-refractivity contribution in [3.05, 3.63) is 29.5 Å². The second kappa shape index (κ2) is 7.37. The van der Waals surface area contributed by atoms with Crippen molar-refractivity contribution in [2.24, 2.45) is 0 Å². The number of halogens is 3. The fraction of sp³-hybridized carbons (Fsp3) is 0.250. The van der Waals surface area contributed by atoms with Crippen LogP contribution in [0, 0.1) is 0 Å². The van der Waals surface area contributed by atoms with Crippen LogP contribution in [0.15, 0.2) is 29.2 Å². The van der Waals surface area contributed by atoms with Gasteiger partial charge in [-0.3, -0.25) is 0 Å². The number of aromatic nitrogens is 3. The molecule has 0 aliphatic carbocycles. The van der Waals surface area contributed by atoms with Gasteiger partial charge >= 0.3 is 6.01 Å². The van der Waals surface area contributed by atoms with Crippen molar-refractivity contribution in [2.75, 3.05) is 11.9 Å². The van der Waals surface area contributed by atoms with E-state index in [1.165, 1.54) is 0 Å². The Kier molecular flexibility index (Phi) is 5.51. The third-order valence-electron chi connectivity index (χ3n) is 2.21. The summed E-state index contributed by atoms with van der Waals surface area (Å²) >= 11 is 6.20. The number of ether oxygens (including phenoxy) is 1. The van der Waals surface area contributed by atoms with Crippen molar-refractivity contribution < 1.29 is 13.5 Å². The molecule has 0 amide bonds. The van der Waals surface area contributed by atoms with E-state index >= 15 is 0 Å². The Bertz CT molecular complexity index is 618. The molecule has 0 aliphatic heterocycles. The Morgan fingerprint density at radius 2 is 2.05 bits per heavy atom. The predicted octanol–water partition coefficient (Wildman–Crippen LogP) is 3.98. The van der Waals surface area contributed by atoms with E-state index in [0.29, 0.717) is 29.0 Å². The predicted molar refractivity (Wildman–Crippen MR) is 77.6 cm³/mol. The number of para-hydroxylation sites is 1. The number of rotatable bonds is 6. The lowest BCUT2D eigenvalue weighted by Crippen LogP contribution is -2.04. The molecule has 0 unspecified atom stereocenters. The molecule has 0 spiro atoms. The van der Waals surface area contributed by atoms with E-state index in [-0.39, 0.29) is 17.2 Å². The largest absolute Gasteiger partial charge is 0.464 e. The molecule has 0 bridgehead atoms. The summed E-state index contributed by atoms with van der Waals surface area (Å²) in [7, 11) is 0. The van der Waals surface area contributed by atoms with E-state index in [1.807, 2.05) is 0 Å². The molecule has 21 heavy (non-hydrogen) atoms. The molecule has 0 saturated carbocycles. The van der Waals surface area contributed by atoms with Crippen LogP contribution in [0.3, 0.4) is 0 Å². The Morgan fingerprint density at radius 3 is 2.76 bits per heavy atom. The van der Waals surface area contributed by atoms with E-state index in [0.717, 1.165) is 0 Å². The molecular formula is C12H11ClF2N4OS. The van der Waals surface area contributed by atoms with E-state index in [4.69, 9.17) is 16.3 Å². The second-order valence-electron chi connectivity index (χ2n) is 3.64. The van der Waals surface area contributed by atoms with Crippen LogP contribution in [0.25, 0.3) is 0 Å². The van der Waals surface area contributed by atoms with Gasteiger partial charge in [-0.25, -0.2) is 0 Å². The van der Waals surface area contributed by atoms with Gasteiger partial charge in [-0.15, -0.1) is 0 Å². The first kappa shape index (κ1) is 15.7. The molecule has 112 valence electrons. The molecule has 2 aromatic rings. The highest BCUT2D eigenvalue weighted by molar-refractivity contribution is 7.99. The van der Waals surface area contributed by atoms with Crippen LogP contribution in [0.1, 0.15) is 6.92 Å². The summed E-state index contributed by atoms with van der Waals surface area (Å²) in [6.07, 6.45) is 0. The standard InChI is InChI=1S/C12H11ClF2N4OS/c1-2-20-12-18-9(13)17-11(19-12)16-7-5-3-4-6-8(7)21-10(14)15/h3-6,10H,2H2,1H3,(H,16,17,18,19). The highest BCUT2D eigenvalue weighted by atomic mass is 35.5. The summed E-state index contributed by atoms with van der Waals surface area (Å²) in [5.41, 5.74) is 0.451. The molecule has 0 fully saturated rings. The number of nitrogens with one attached hydrogen (secondary N) is 1. The van der Waals surface area contributed by atoms with Crippen molar-refractivity contribution in [3.8, 4) is 6.01 Å². The zero-order valence-corrected chi connectivity index (χ0v) is 12.5. The average Bonchev–Trinajstić information content (AvgIpc) is 2.40. The van der Waals surface area contributed by atoms with Crippen molar-refractivity contribution in [1.82, 2.24) is 15.0 Å². The van der Waals surface area contributed by atoms with Gasteiger partial charge in [0.05, 0.1) is 12.3 Å². The molecule has 2 rings (SSSR count). The summed E-state index contributed by atoms with van der Waals surface area (Å²) < 4.78 is 30.2. The maximum Gasteiger partial charge on any atom is 0.322 e. The van der Waals surface area contributed by atoms with Gasteiger partial charge in [-0.05, 0) is 30.7 Å². The minimum absolute atomic E-state index is 0.0463. The van der Waals surface area contributed by atoms with Gasteiger partial charge in [0.25, 0.3) is 5.76 Å². The lowest BCUT2D eigenvalue weighted by atomic mass is 10.3. The molecule has 0 aliphatic rings. The number of anilines is 2. The first-order valence-electron chi connectivity index (χ1n) is 5.93. The summed E-state index contributed by atoms with van der Waals surface area (Å²) in [6, 6.07) is 6.67. The van der Waals surface area contributed by atoms with Crippen LogP contribution in [0.2, 0.25) is 5.28 Å². The third-order valence-corrected chi connectivity index (χ3v) is 3.17. The summed E-state index contributed by atoms with van der Waals surface area (Å²) in [6.45, 7) is 2.15. The van der Waals surface area contributed by atoms with Gasteiger partial charge < -0.3 is 10.1 Å². The van der Waals surface area contributed by atoms with E-state index in [9.17, 15) is 8.78 Å². The maximum atomic E-state index is 12.5. The Labute approximate surface area is 129 Å². The van der Waals surface area contributed by atoms with Crippen LogP contribution in [0.4, 0.5) is 20.4 Å². The molecular weight excluding hydrogens is 322 g/mol. The summed E-state index contributed by atoms with van der Waals surface area (Å²) in [4.78, 5) is 12.1. The molecule has 1 heterocycles. The van der Waals surface area contributed by atoms with Gasteiger partial charge in [0.1, 0.15) is 0 Å². The van der Waals surface area contributed by atoms with Crippen molar-refractivity contribution in [3.63, 3.8) is 0 Å². The normalized spacial score (nSPS) is 10.7. The Morgan fingerprint density at radius 1 is 1.29 bits per heavy atom. The molecule has 1 aromatic heterocycles. The van der Waals surface area contributed by atoms with Gasteiger partial charge in [0.2, 0.25) is 11.2 Å². The molecule has 0 radical (unpaired) electrons. The van der Waals surface area contributed by atoms with E-state index in [2.05, 4.69) is 20.3 Å². The van der Waals surface area contributed by atoms with E-state index in [1.54, 1.807) is 31.2 Å². The minimum Gasteiger partial charge on any atom is -0.464 e. The molecule has 1 N–H and O–H groups in total. The van der Waals surface area contributed by atoms with Crippen LogP contribution < -0.4 is 10.1 Å². The lowest BCUT2D eigenvalue weighted by molar-refractivity contribution is 0.252. The smallest absolute Gasteiger partial charge is 0.322 e. The quantitative estimate of drug-likeness (QED) is 0.807. The SMILES string of the molecule is CCOc1nc(Cl)nc(Nc2ccccc2SC(F)F)n1. The first-order chi connectivity index (χ1) is 10.1. The van der Waals surface area contributed by atoms with Crippen molar-refractivity contribution in [1.29, 1.82) is 0 Å². The summed E-state index contributed by atoms with van der Waals surface area (Å²) in [5, 5.41) is 2.79. The fourth-order valence-corrected chi connectivity index (χ4v) is 2.22. The molecule has 0 atom stereocenters. The van der Waals surface area contributed by atoms with Crippen molar-refractivity contribution >= 4 is 35.0 Å². The second-order valence-corrected chi connectivity index (χ2v) is 5.01. The van der Waals surface area contributed by atoms with Crippen molar-refractivity contribution in [2.45, 2.75) is 17.6 Å². The highest BCUT2D eigenvalue weighted by Gasteiger charge is 2.12. The zero-order valence-electron chi connectivity index (χ0n) is 10.9. The number of hydrogen-bond acceptors (Lipinski definition) is 6. The third kappa shape index (κ3) is 4.68. The topological polar surface area (TPSA) is 59.9 Å². The van der Waals surface area contributed by atoms with Crippen LogP contribution in [-0.2, 0) is 0 Å². The molecule has 9 heteroatoms.